The number of rotatable bonds is 2. The van der Waals surface area contributed by atoms with Gasteiger partial charge < -0.3 is 4.52 Å². The van der Waals surface area contributed by atoms with Crippen LogP contribution in [0, 0.1) is 5.41 Å². The Morgan fingerprint density at radius 3 is 1.91 bits per heavy atom. The van der Waals surface area contributed by atoms with Gasteiger partial charge in [0.1, 0.15) is 0 Å². The van der Waals surface area contributed by atoms with Crippen molar-refractivity contribution in [3.05, 3.63) is 0 Å². The molecule has 0 aromatic heterocycles. The molecule has 0 aliphatic heterocycles. The molecule has 0 aromatic carbocycles. The summed E-state index contributed by atoms with van der Waals surface area (Å²) in [5.41, 5.74) is -0.169. The minimum absolute atomic E-state index is 0.169. The van der Waals surface area contributed by atoms with E-state index in [1.54, 1.807) is 6.92 Å². The maximum absolute atomic E-state index is 12.5. The quantitative estimate of drug-likeness (QED) is 0.613. The van der Waals surface area contributed by atoms with Crippen molar-refractivity contribution in [3.8, 4) is 0 Å². The fourth-order valence-corrected chi connectivity index (χ4v) is 1.32. The molecule has 2 nitrogen and oxygen atoms in total. The van der Waals surface area contributed by atoms with E-state index in [-0.39, 0.29) is 11.5 Å². The van der Waals surface area contributed by atoms with Gasteiger partial charge in [-0.2, -0.15) is 4.20 Å². The van der Waals surface area contributed by atoms with Crippen LogP contribution >= 0.6 is 7.68 Å². The minimum atomic E-state index is -3.82. The van der Waals surface area contributed by atoms with Gasteiger partial charge in [-0.3, -0.25) is 4.57 Å². The van der Waals surface area contributed by atoms with Crippen molar-refractivity contribution in [2.45, 2.75) is 33.8 Å². The van der Waals surface area contributed by atoms with E-state index in [0.29, 0.717) is 0 Å². The van der Waals surface area contributed by atoms with Crippen LogP contribution in [-0.4, -0.2) is 12.8 Å². The molecule has 0 bridgehead atoms. The van der Waals surface area contributed by atoms with E-state index in [2.05, 4.69) is 0 Å². The average molecular weight is 182 g/mol. The van der Waals surface area contributed by atoms with Crippen molar-refractivity contribution < 1.29 is 13.3 Å². The van der Waals surface area contributed by atoms with E-state index in [9.17, 15) is 8.76 Å². The lowest BCUT2D eigenvalue weighted by Gasteiger charge is -2.27. The molecule has 0 radical (unpaired) electrons. The topological polar surface area (TPSA) is 26.3 Å². The van der Waals surface area contributed by atoms with Gasteiger partial charge >= 0.3 is 7.68 Å². The van der Waals surface area contributed by atoms with E-state index in [0.717, 1.165) is 6.66 Å². The highest BCUT2D eigenvalue weighted by Crippen LogP contribution is 2.47. The average Bonchev–Trinajstić information content (AvgIpc) is 1.56. The standard InChI is InChI=1S/C7H16FO2P/c1-6(7(2,3)4)10-11(5,8)9/h6H,1-5H3/t6-,11-/m1/s1. The van der Waals surface area contributed by atoms with Gasteiger partial charge in [0.15, 0.2) is 0 Å². The molecule has 0 amide bonds. The molecular formula is C7H16FO2P. The van der Waals surface area contributed by atoms with Crippen molar-refractivity contribution in [1.29, 1.82) is 0 Å². The van der Waals surface area contributed by atoms with E-state index in [4.69, 9.17) is 4.52 Å². The third-order valence-corrected chi connectivity index (χ3v) is 2.26. The molecule has 68 valence electrons. The van der Waals surface area contributed by atoms with Gasteiger partial charge in [-0.1, -0.05) is 20.8 Å². The molecule has 0 saturated carbocycles. The molecule has 0 spiro atoms. The highest BCUT2D eigenvalue weighted by Gasteiger charge is 2.27. The summed E-state index contributed by atoms with van der Waals surface area (Å²) >= 11 is 0. The summed E-state index contributed by atoms with van der Waals surface area (Å²) < 4.78 is 27.8. The normalized spacial score (nSPS) is 20.9. The summed E-state index contributed by atoms with van der Waals surface area (Å²) in [7, 11) is -3.82. The molecule has 0 heterocycles. The Morgan fingerprint density at radius 1 is 1.45 bits per heavy atom. The van der Waals surface area contributed by atoms with Crippen LogP contribution in [0.4, 0.5) is 4.20 Å². The predicted molar refractivity (Wildman–Crippen MR) is 44.6 cm³/mol. The molecule has 0 aromatic rings. The third kappa shape index (κ3) is 5.40. The SMILES string of the molecule is C[C@@H](O[P@@](C)(=O)F)C(C)(C)C. The lowest BCUT2D eigenvalue weighted by Crippen LogP contribution is -2.24. The first-order valence-corrected chi connectivity index (χ1v) is 5.55. The van der Waals surface area contributed by atoms with E-state index < -0.39 is 7.68 Å². The first-order chi connectivity index (χ1) is 4.63. The molecule has 0 aliphatic rings. The minimum Gasteiger partial charge on any atom is -0.302 e. The second kappa shape index (κ2) is 3.24. The third-order valence-electron chi connectivity index (χ3n) is 1.57. The highest BCUT2D eigenvalue weighted by atomic mass is 31.2. The summed E-state index contributed by atoms with van der Waals surface area (Å²) in [5, 5.41) is 0. The maximum Gasteiger partial charge on any atom is 0.364 e. The summed E-state index contributed by atoms with van der Waals surface area (Å²) in [6.07, 6.45) is -0.330. The van der Waals surface area contributed by atoms with Gasteiger partial charge in [0, 0.05) is 6.66 Å². The molecule has 4 heteroatoms. The van der Waals surface area contributed by atoms with Crippen LogP contribution in [0.25, 0.3) is 0 Å². The van der Waals surface area contributed by atoms with Crippen LogP contribution in [0.2, 0.25) is 0 Å². The smallest absolute Gasteiger partial charge is 0.302 e. The van der Waals surface area contributed by atoms with Crippen molar-refractivity contribution in [1.82, 2.24) is 0 Å². The van der Waals surface area contributed by atoms with Gasteiger partial charge in [0.2, 0.25) is 0 Å². The molecule has 2 atom stereocenters. The van der Waals surface area contributed by atoms with Crippen LogP contribution in [0.3, 0.4) is 0 Å². The summed E-state index contributed by atoms with van der Waals surface area (Å²) in [6.45, 7) is 8.43. The zero-order valence-electron chi connectivity index (χ0n) is 7.72. The Kier molecular flexibility index (Phi) is 3.27. The molecule has 0 saturated heterocycles. The Bertz CT molecular complexity index is 168. The fraction of sp³-hybridized carbons (Fsp3) is 1.00. The summed E-state index contributed by atoms with van der Waals surface area (Å²) in [4.78, 5) is 0. The molecule has 0 aliphatic carbocycles. The van der Waals surface area contributed by atoms with E-state index >= 15 is 0 Å². The number of halogens is 1. The number of hydrogen-bond acceptors (Lipinski definition) is 2. The predicted octanol–water partition coefficient (Wildman–Crippen LogP) is 3.23. The van der Waals surface area contributed by atoms with Crippen molar-refractivity contribution in [2.24, 2.45) is 5.41 Å². The molecular weight excluding hydrogens is 166 g/mol. The molecule has 0 unspecified atom stereocenters. The van der Waals surface area contributed by atoms with E-state index in [1.807, 2.05) is 20.8 Å². The maximum atomic E-state index is 12.5. The first kappa shape index (κ1) is 11.1. The largest absolute Gasteiger partial charge is 0.364 e. The van der Waals surface area contributed by atoms with Crippen LogP contribution in [-0.2, 0) is 9.09 Å². The van der Waals surface area contributed by atoms with Gasteiger partial charge in [0.25, 0.3) is 0 Å². The summed E-state index contributed by atoms with van der Waals surface area (Å²) in [5.74, 6) is 0. The van der Waals surface area contributed by atoms with Crippen molar-refractivity contribution >= 4 is 7.68 Å². The second-order valence-corrected chi connectivity index (χ2v) is 5.56. The molecule has 0 rings (SSSR count). The zero-order chi connectivity index (χ0) is 9.28. The van der Waals surface area contributed by atoms with Crippen LogP contribution in [0.1, 0.15) is 27.7 Å². The van der Waals surface area contributed by atoms with Gasteiger partial charge in [-0.05, 0) is 12.3 Å². The Balaban J connectivity index is 4.10. The zero-order valence-corrected chi connectivity index (χ0v) is 8.61. The Hall–Kier alpha value is 0.120. The van der Waals surface area contributed by atoms with Crippen molar-refractivity contribution in [2.75, 3.05) is 6.66 Å². The molecule has 0 fully saturated rings. The highest BCUT2D eigenvalue weighted by molar-refractivity contribution is 7.52. The molecule has 11 heavy (non-hydrogen) atoms. The fourth-order valence-electron chi connectivity index (χ4n) is 0.441. The Labute approximate surface area is 67.7 Å². The van der Waals surface area contributed by atoms with Crippen LogP contribution in [0.15, 0.2) is 0 Å². The van der Waals surface area contributed by atoms with Gasteiger partial charge in [-0.25, -0.2) is 0 Å². The van der Waals surface area contributed by atoms with E-state index in [1.165, 1.54) is 0 Å². The number of hydrogen-bond donors (Lipinski definition) is 0. The second-order valence-electron chi connectivity index (χ2n) is 3.86. The lowest BCUT2D eigenvalue weighted by atomic mass is 9.91. The van der Waals surface area contributed by atoms with Crippen molar-refractivity contribution in [3.63, 3.8) is 0 Å². The Morgan fingerprint density at radius 2 is 1.82 bits per heavy atom. The van der Waals surface area contributed by atoms with Gasteiger partial charge in [-0.15, -0.1) is 0 Å². The van der Waals surface area contributed by atoms with Crippen LogP contribution in [0.5, 0.6) is 0 Å². The van der Waals surface area contributed by atoms with Gasteiger partial charge in [0.05, 0.1) is 6.10 Å². The molecule has 0 N–H and O–H groups in total. The lowest BCUT2D eigenvalue weighted by molar-refractivity contribution is 0.0989. The monoisotopic (exact) mass is 182 g/mol. The first-order valence-electron chi connectivity index (χ1n) is 3.58. The summed E-state index contributed by atoms with van der Waals surface area (Å²) in [6, 6.07) is 0. The van der Waals surface area contributed by atoms with Crippen LogP contribution < -0.4 is 0 Å².